The maximum atomic E-state index is 13.2. The van der Waals surface area contributed by atoms with Crippen LogP contribution in [0.5, 0.6) is 0 Å². The van der Waals surface area contributed by atoms with E-state index in [-0.39, 0.29) is 11.7 Å². The molecule has 0 aliphatic rings. The first-order valence-corrected chi connectivity index (χ1v) is 10.0. The van der Waals surface area contributed by atoms with Gasteiger partial charge < -0.3 is 9.73 Å². The fourth-order valence-electron chi connectivity index (χ4n) is 3.42. The Labute approximate surface area is 187 Å². The molecular weight excluding hydrogens is 423 g/mol. The number of amides is 1. The SMILES string of the molecule is Cn1nnnc1-c1cccc(NC(=O)c2ccccc2-c2ncc(-c3ccc(F)cc3)o2)c1. The second kappa shape index (κ2) is 8.46. The molecule has 0 spiro atoms. The summed E-state index contributed by atoms with van der Waals surface area (Å²) >= 11 is 0. The van der Waals surface area contributed by atoms with Gasteiger partial charge in [0.05, 0.1) is 11.8 Å². The van der Waals surface area contributed by atoms with Crippen LogP contribution in [0, 0.1) is 5.82 Å². The smallest absolute Gasteiger partial charge is 0.256 e. The van der Waals surface area contributed by atoms with Crippen molar-refractivity contribution in [3.8, 4) is 34.2 Å². The lowest BCUT2D eigenvalue weighted by atomic mass is 10.1. The predicted molar refractivity (Wildman–Crippen MR) is 120 cm³/mol. The lowest BCUT2D eigenvalue weighted by molar-refractivity contribution is 0.102. The van der Waals surface area contributed by atoms with Crippen LogP contribution in [-0.2, 0) is 7.05 Å². The van der Waals surface area contributed by atoms with Gasteiger partial charge in [-0.15, -0.1) is 5.10 Å². The van der Waals surface area contributed by atoms with Gasteiger partial charge in [-0.25, -0.2) is 14.1 Å². The summed E-state index contributed by atoms with van der Waals surface area (Å²) in [6, 6.07) is 20.2. The molecule has 0 saturated heterocycles. The molecule has 5 rings (SSSR count). The Hall–Kier alpha value is -4.66. The van der Waals surface area contributed by atoms with Gasteiger partial charge in [-0.3, -0.25) is 4.79 Å². The first-order valence-electron chi connectivity index (χ1n) is 10.0. The molecule has 2 heterocycles. The van der Waals surface area contributed by atoms with E-state index in [1.165, 1.54) is 12.1 Å². The van der Waals surface area contributed by atoms with Gasteiger partial charge in [-0.05, 0) is 59.0 Å². The Bertz CT molecular complexity index is 1440. The van der Waals surface area contributed by atoms with Crippen molar-refractivity contribution in [1.82, 2.24) is 25.2 Å². The summed E-state index contributed by atoms with van der Waals surface area (Å²) < 4.78 is 20.6. The van der Waals surface area contributed by atoms with Crippen LogP contribution < -0.4 is 5.32 Å². The van der Waals surface area contributed by atoms with Crippen molar-refractivity contribution in [2.75, 3.05) is 5.32 Å². The Morgan fingerprint density at radius 2 is 1.82 bits per heavy atom. The van der Waals surface area contributed by atoms with Crippen LogP contribution in [-0.4, -0.2) is 31.1 Å². The number of carbonyl (C=O) groups excluding carboxylic acids is 1. The summed E-state index contributed by atoms with van der Waals surface area (Å²) in [5, 5.41) is 14.4. The van der Waals surface area contributed by atoms with Crippen molar-refractivity contribution in [2.45, 2.75) is 0 Å². The van der Waals surface area contributed by atoms with E-state index in [1.807, 2.05) is 12.1 Å². The molecule has 0 bridgehead atoms. The number of anilines is 1. The number of aryl methyl sites for hydroxylation is 1. The van der Waals surface area contributed by atoms with E-state index in [0.29, 0.717) is 39.9 Å². The highest BCUT2D eigenvalue weighted by molar-refractivity contribution is 6.08. The largest absolute Gasteiger partial charge is 0.436 e. The highest BCUT2D eigenvalue weighted by Gasteiger charge is 2.18. The Balaban J connectivity index is 1.42. The molecule has 33 heavy (non-hydrogen) atoms. The molecule has 1 N–H and O–H groups in total. The fourth-order valence-corrected chi connectivity index (χ4v) is 3.42. The van der Waals surface area contributed by atoms with Crippen molar-refractivity contribution in [2.24, 2.45) is 7.05 Å². The molecule has 0 radical (unpaired) electrons. The molecule has 162 valence electrons. The van der Waals surface area contributed by atoms with Gasteiger partial charge in [0, 0.05) is 29.4 Å². The highest BCUT2D eigenvalue weighted by atomic mass is 19.1. The topological polar surface area (TPSA) is 98.7 Å². The molecular formula is C24H17FN6O2. The van der Waals surface area contributed by atoms with Gasteiger partial charge in [0.2, 0.25) is 5.89 Å². The molecule has 0 aliphatic heterocycles. The second-order valence-corrected chi connectivity index (χ2v) is 7.24. The number of nitrogens with zero attached hydrogens (tertiary/aromatic N) is 5. The molecule has 5 aromatic rings. The average Bonchev–Trinajstić information content (AvgIpc) is 3.49. The van der Waals surface area contributed by atoms with Crippen molar-refractivity contribution >= 4 is 11.6 Å². The normalized spacial score (nSPS) is 10.8. The lowest BCUT2D eigenvalue weighted by Gasteiger charge is -2.09. The highest BCUT2D eigenvalue weighted by Crippen LogP contribution is 2.29. The van der Waals surface area contributed by atoms with E-state index in [0.717, 1.165) is 5.56 Å². The van der Waals surface area contributed by atoms with E-state index in [2.05, 4.69) is 25.8 Å². The molecule has 0 unspecified atom stereocenters. The van der Waals surface area contributed by atoms with Crippen molar-refractivity contribution in [1.29, 1.82) is 0 Å². The molecule has 0 fully saturated rings. The van der Waals surface area contributed by atoms with E-state index >= 15 is 0 Å². The van der Waals surface area contributed by atoms with Crippen LogP contribution in [0.2, 0.25) is 0 Å². The maximum Gasteiger partial charge on any atom is 0.256 e. The fraction of sp³-hybridized carbons (Fsp3) is 0.0417. The molecule has 0 saturated carbocycles. The number of hydrogen-bond acceptors (Lipinski definition) is 6. The summed E-state index contributed by atoms with van der Waals surface area (Å²) in [4.78, 5) is 17.4. The molecule has 9 heteroatoms. The van der Waals surface area contributed by atoms with E-state index in [4.69, 9.17) is 4.42 Å². The molecule has 2 aromatic heterocycles. The Kier molecular flexibility index (Phi) is 5.19. The van der Waals surface area contributed by atoms with Crippen molar-refractivity contribution in [3.63, 3.8) is 0 Å². The molecule has 1 amide bonds. The zero-order chi connectivity index (χ0) is 22.8. The number of tetrazole rings is 1. The minimum absolute atomic E-state index is 0.291. The van der Waals surface area contributed by atoms with Gasteiger partial charge >= 0.3 is 0 Å². The number of oxazole rings is 1. The van der Waals surface area contributed by atoms with E-state index in [1.54, 1.807) is 66.5 Å². The van der Waals surface area contributed by atoms with Gasteiger partial charge in [-0.1, -0.05) is 24.3 Å². The average molecular weight is 440 g/mol. The van der Waals surface area contributed by atoms with Crippen LogP contribution >= 0.6 is 0 Å². The summed E-state index contributed by atoms with van der Waals surface area (Å²) in [5.74, 6) is 0.698. The zero-order valence-electron chi connectivity index (χ0n) is 17.4. The van der Waals surface area contributed by atoms with Crippen molar-refractivity contribution < 1.29 is 13.6 Å². The number of hydrogen-bond donors (Lipinski definition) is 1. The summed E-state index contributed by atoms with van der Waals surface area (Å²) in [6.07, 6.45) is 1.55. The third kappa shape index (κ3) is 4.11. The summed E-state index contributed by atoms with van der Waals surface area (Å²) in [5.41, 5.74) is 2.99. The summed E-state index contributed by atoms with van der Waals surface area (Å²) in [7, 11) is 1.74. The van der Waals surface area contributed by atoms with E-state index < -0.39 is 0 Å². The number of rotatable bonds is 5. The lowest BCUT2D eigenvalue weighted by Crippen LogP contribution is -2.13. The standard InChI is InChI=1S/C24H17FN6O2/c1-31-22(28-29-30-31)16-5-4-6-18(13-16)27-23(32)19-7-2-3-8-20(19)24-26-14-21(33-24)15-9-11-17(25)12-10-15/h2-14H,1H3,(H,27,32). The van der Waals surface area contributed by atoms with E-state index in [9.17, 15) is 9.18 Å². The third-order valence-electron chi connectivity index (χ3n) is 5.04. The Morgan fingerprint density at radius 1 is 1.00 bits per heavy atom. The van der Waals surface area contributed by atoms with Crippen LogP contribution in [0.15, 0.2) is 83.4 Å². The Morgan fingerprint density at radius 3 is 2.61 bits per heavy atom. The van der Waals surface area contributed by atoms with Crippen LogP contribution in [0.3, 0.4) is 0 Å². The number of benzene rings is 3. The third-order valence-corrected chi connectivity index (χ3v) is 5.04. The predicted octanol–water partition coefficient (Wildman–Crippen LogP) is 4.59. The summed E-state index contributed by atoms with van der Waals surface area (Å²) in [6.45, 7) is 0. The van der Waals surface area contributed by atoms with Gasteiger partial charge in [0.15, 0.2) is 11.6 Å². The zero-order valence-corrected chi connectivity index (χ0v) is 17.4. The minimum atomic E-state index is -0.333. The van der Waals surface area contributed by atoms with Crippen LogP contribution in [0.1, 0.15) is 10.4 Å². The first kappa shape index (κ1) is 20.3. The van der Waals surface area contributed by atoms with Gasteiger partial charge in [0.1, 0.15) is 5.82 Å². The number of carbonyl (C=O) groups is 1. The molecule has 0 atom stereocenters. The molecule has 0 aliphatic carbocycles. The van der Waals surface area contributed by atoms with Gasteiger partial charge in [-0.2, -0.15) is 0 Å². The van der Waals surface area contributed by atoms with Crippen molar-refractivity contribution in [3.05, 3.63) is 90.4 Å². The van der Waals surface area contributed by atoms with Crippen LogP contribution in [0.4, 0.5) is 10.1 Å². The monoisotopic (exact) mass is 440 g/mol. The molecule has 3 aromatic carbocycles. The first-order chi connectivity index (χ1) is 16.1. The van der Waals surface area contributed by atoms with Gasteiger partial charge in [0.25, 0.3) is 5.91 Å². The minimum Gasteiger partial charge on any atom is -0.436 e. The van der Waals surface area contributed by atoms with Crippen LogP contribution in [0.25, 0.3) is 34.2 Å². The number of halogens is 1. The molecule has 8 nitrogen and oxygen atoms in total. The maximum absolute atomic E-state index is 13.2. The second-order valence-electron chi connectivity index (χ2n) is 7.24. The number of aromatic nitrogens is 5. The number of nitrogens with one attached hydrogen (secondary N) is 1. The quantitative estimate of drug-likeness (QED) is 0.429.